The molecule has 2 aliphatic carbocycles. The Hall–Kier alpha value is -2.57. The standard InChI is InChI=1S/C28H32N4OS/c1-18-6-4-7-19(2)26(18)24-13-25-30-27(29-24)31-34-23-9-5-8-21(12-23)16-32(20(3)17-33-25)22-14-28(15-22)10-11-28/h4-9,12-13,20,22H,10-11,14-17H2,1-3H3,(H,29,30,31). The van der Waals surface area contributed by atoms with Crippen LogP contribution in [0.25, 0.3) is 11.3 Å². The number of hydrogen-bond acceptors (Lipinski definition) is 6. The lowest BCUT2D eigenvalue weighted by Crippen LogP contribution is -2.50. The molecular weight excluding hydrogens is 440 g/mol. The number of hydrogen-bond donors (Lipinski definition) is 1. The van der Waals surface area contributed by atoms with Crippen LogP contribution in [0.4, 0.5) is 5.95 Å². The van der Waals surface area contributed by atoms with E-state index < -0.39 is 0 Å². The van der Waals surface area contributed by atoms with E-state index in [9.17, 15) is 0 Å². The molecule has 1 unspecified atom stereocenters. The van der Waals surface area contributed by atoms with Gasteiger partial charge in [0.25, 0.3) is 0 Å². The fraction of sp³-hybridized carbons (Fsp3) is 0.429. The molecule has 6 rings (SSSR count). The molecule has 1 spiro atoms. The first kappa shape index (κ1) is 21.9. The molecule has 1 aromatic heterocycles. The van der Waals surface area contributed by atoms with Gasteiger partial charge in [-0.3, -0.25) is 9.62 Å². The molecule has 0 radical (unpaired) electrons. The molecule has 2 fully saturated rings. The number of fused-ring (bicyclic) bond motifs is 4. The van der Waals surface area contributed by atoms with Crippen LogP contribution in [0.3, 0.4) is 0 Å². The summed E-state index contributed by atoms with van der Waals surface area (Å²) in [5.74, 6) is 1.20. The maximum atomic E-state index is 6.35. The van der Waals surface area contributed by atoms with E-state index in [0.29, 0.717) is 35.9 Å². The molecule has 1 aliphatic heterocycles. The van der Waals surface area contributed by atoms with Gasteiger partial charge in [-0.15, -0.1) is 0 Å². The molecule has 0 saturated heterocycles. The lowest BCUT2D eigenvalue weighted by Gasteiger charge is -2.46. The zero-order chi connectivity index (χ0) is 23.3. The predicted octanol–water partition coefficient (Wildman–Crippen LogP) is 6.41. The first-order valence-corrected chi connectivity index (χ1v) is 13.2. The summed E-state index contributed by atoms with van der Waals surface area (Å²) in [7, 11) is 0. The summed E-state index contributed by atoms with van der Waals surface area (Å²) in [5, 5.41) is 0. The maximum absolute atomic E-state index is 6.35. The average molecular weight is 473 g/mol. The molecule has 176 valence electrons. The van der Waals surface area contributed by atoms with Gasteiger partial charge in [0.1, 0.15) is 6.61 Å². The van der Waals surface area contributed by atoms with Crippen molar-refractivity contribution in [2.75, 3.05) is 11.3 Å². The summed E-state index contributed by atoms with van der Waals surface area (Å²) >= 11 is 1.56. The summed E-state index contributed by atoms with van der Waals surface area (Å²) in [6.07, 6.45) is 5.51. The van der Waals surface area contributed by atoms with Gasteiger partial charge in [0, 0.05) is 35.2 Å². The van der Waals surface area contributed by atoms with Crippen molar-refractivity contribution in [2.45, 2.75) is 70.0 Å². The van der Waals surface area contributed by atoms with Gasteiger partial charge in [-0.05, 0) is 92.6 Å². The summed E-state index contributed by atoms with van der Waals surface area (Å²) < 4.78 is 9.72. The number of aromatic nitrogens is 2. The van der Waals surface area contributed by atoms with Crippen molar-refractivity contribution in [1.82, 2.24) is 14.9 Å². The fourth-order valence-corrected chi connectivity index (χ4v) is 6.28. The monoisotopic (exact) mass is 472 g/mol. The van der Waals surface area contributed by atoms with Crippen LogP contribution in [0, 0.1) is 19.3 Å². The van der Waals surface area contributed by atoms with Crippen LogP contribution >= 0.6 is 11.9 Å². The van der Waals surface area contributed by atoms with E-state index >= 15 is 0 Å². The van der Waals surface area contributed by atoms with Crippen LogP contribution in [0.15, 0.2) is 53.4 Å². The largest absolute Gasteiger partial charge is 0.476 e. The summed E-state index contributed by atoms with van der Waals surface area (Å²) in [6, 6.07) is 18.1. The van der Waals surface area contributed by atoms with Gasteiger partial charge in [0.15, 0.2) is 0 Å². The second-order valence-electron chi connectivity index (χ2n) is 10.4. The van der Waals surface area contributed by atoms with Gasteiger partial charge in [-0.1, -0.05) is 30.3 Å². The van der Waals surface area contributed by atoms with Crippen LogP contribution < -0.4 is 9.46 Å². The highest BCUT2D eigenvalue weighted by Gasteiger charge is 2.54. The van der Waals surface area contributed by atoms with Gasteiger partial charge >= 0.3 is 0 Å². The molecular formula is C28H32N4OS. The molecule has 3 aliphatic rings. The van der Waals surface area contributed by atoms with E-state index in [4.69, 9.17) is 14.7 Å². The summed E-state index contributed by atoms with van der Waals surface area (Å²) in [5.41, 5.74) is 6.47. The smallest absolute Gasteiger partial charge is 0.237 e. The fourth-order valence-electron chi connectivity index (χ4n) is 5.62. The van der Waals surface area contributed by atoms with E-state index in [1.54, 1.807) is 11.9 Å². The quantitative estimate of drug-likeness (QED) is 0.435. The molecule has 4 bridgehead atoms. The number of anilines is 1. The molecule has 2 heterocycles. The van der Waals surface area contributed by atoms with E-state index in [1.165, 1.54) is 47.3 Å². The molecule has 1 N–H and O–H groups in total. The van der Waals surface area contributed by atoms with Crippen LogP contribution in [-0.4, -0.2) is 33.6 Å². The lowest BCUT2D eigenvalue weighted by molar-refractivity contribution is 0.0132. The number of nitrogens with zero attached hydrogens (tertiary/aromatic N) is 3. The highest BCUT2D eigenvalue weighted by Crippen LogP contribution is 2.62. The number of ether oxygens (including phenoxy) is 1. The average Bonchev–Trinajstić information content (AvgIpc) is 3.60. The van der Waals surface area contributed by atoms with Gasteiger partial charge < -0.3 is 4.74 Å². The SMILES string of the molecule is Cc1cccc(C)c1-c1cc2nc(n1)NSc1cccc(c1)CN(C1CC3(CC3)C1)C(C)CO2. The van der Waals surface area contributed by atoms with Crippen molar-refractivity contribution in [3.63, 3.8) is 0 Å². The molecule has 3 aromatic rings. The lowest BCUT2D eigenvalue weighted by atomic mass is 9.75. The van der Waals surface area contributed by atoms with Gasteiger partial charge in [0.2, 0.25) is 11.8 Å². The van der Waals surface area contributed by atoms with E-state index in [2.05, 4.69) is 72.9 Å². The van der Waals surface area contributed by atoms with Crippen LogP contribution in [0.2, 0.25) is 0 Å². The topological polar surface area (TPSA) is 50.3 Å². The van der Waals surface area contributed by atoms with Crippen LogP contribution in [0.5, 0.6) is 5.88 Å². The molecule has 34 heavy (non-hydrogen) atoms. The Morgan fingerprint density at radius 1 is 1.03 bits per heavy atom. The number of aryl methyl sites for hydroxylation is 2. The first-order chi connectivity index (χ1) is 16.5. The minimum absolute atomic E-state index is 0.299. The normalized spacial score (nSPS) is 21.9. The van der Waals surface area contributed by atoms with Crippen molar-refractivity contribution in [3.05, 3.63) is 65.2 Å². The maximum Gasteiger partial charge on any atom is 0.237 e. The molecule has 2 aromatic carbocycles. The van der Waals surface area contributed by atoms with Crippen molar-refractivity contribution < 1.29 is 4.74 Å². The Labute approximate surface area is 206 Å². The molecule has 0 amide bonds. The number of nitrogens with one attached hydrogen (secondary N) is 1. The van der Waals surface area contributed by atoms with Crippen molar-refractivity contribution in [3.8, 4) is 17.1 Å². The number of benzene rings is 2. The number of rotatable bonds is 2. The minimum atomic E-state index is 0.299. The van der Waals surface area contributed by atoms with E-state index in [0.717, 1.165) is 17.8 Å². The van der Waals surface area contributed by atoms with Crippen LogP contribution in [0.1, 0.15) is 49.3 Å². The third-order valence-corrected chi connectivity index (χ3v) is 8.54. The van der Waals surface area contributed by atoms with Gasteiger partial charge in [0.05, 0.1) is 5.69 Å². The Bertz CT molecular complexity index is 1200. The molecule has 2 saturated carbocycles. The zero-order valence-electron chi connectivity index (χ0n) is 20.2. The second-order valence-corrected chi connectivity index (χ2v) is 11.3. The van der Waals surface area contributed by atoms with Crippen molar-refractivity contribution >= 4 is 17.9 Å². The molecule has 6 heteroatoms. The Kier molecular flexibility index (Phi) is 5.53. The highest BCUT2D eigenvalue weighted by atomic mass is 32.2. The van der Waals surface area contributed by atoms with Crippen LogP contribution in [-0.2, 0) is 6.54 Å². The summed E-state index contributed by atoms with van der Waals surface area (Å²) in [6.45, 7) is 8.12. The van der Waals surface area contributed by atoms with Crippen molar-refractivity contribution in [1.29, 1.82) is 0 Å². The second kappa shape index (κ2) is 8.58. The predicted molar refractivity (Wildman–Crippen MR) is 138 cm³/mol. The Morgan fingerprint density at radius 3 is 2.56 bits per heavy atom. The van der Waals surface area contributed by atoms with E-state index in [-0.39, 0.29) is 0 Å². The molecule has 1 atom stereocenters. The van der Waals surface area contributed by atoms with Crippen molar-refractivity contribution in [2.24, 2.45) is 5.41 Å². The van der Waals surface area contributed by atoms with E-state index in [1.807, 2.05) is 6.07 Å². The Balaban J connectivity index is 1.35. The Morgan fingerprint density at radius 2 is 1.79 bits per heavy atom. The zero-order valence-corrected chi connectivity index (χ0v) is 21.0. The van der Waals surface area contributed by atoms with Gasteiger partial charge in [-0.2, -0.15) is 4.98 Å². The highest BCUT2D eigenvalue weighted by molar-refractivity contribution is 8.00. The third kappa shape index (κ3) is 4.29. The first-order valence-electron chi connectivity index (χ1n) is 12.3. The summed E-state index contributed by atoms with van der Waals surface area (Å²) in [4.78, 5) is 13.4. The molecule has 5 nitrogen and oxygen atoms in total. The third-order valence-electron chi connectivity index (χ3n) is 7.77. The van der Waals surface area contributed by atoms with Gasteiger partial charge in [-0.25, -0.2) is 4.98 Å². The minimum Gasteiger partial charge on any atom is -0.476 e.